The minimum atomic E-state index is -4.47. The summed E-state index contributed by atoms with van der Waals surface area (Å²) in [6, 6.07) is 1.70. The molecule has 9 heteroatoms. The largest absolute Gasteiger partial charge is 0.434 e. The van der Waals surface area contributed by atoms with Gasteiger partial charge in [0.1, 0.15) is 11.6 Å². The van der Waals surface area contributed by atoms with E-state index >= 15 is 0 Å². The number of piperidine rings is 1. The Balaban J connectivity index is 1.71. The molecule has 0 radical (unpaired) electrons. The SMILES string of the molecule is Cc1cc(CC(=O)N2CCC[C@H](c3nc(C(F)(F)F)cn3C)C2)no1. The Bertz CT molecular complexity index is 766. The Morgan fingerprint density at radius 3 is 2.80 bits per heavy atom. The first kappa shape index (κ1) is 17.5. The molecule has 0 N–H and O–H groups in total. The molecule has 1 fully saturated rings. The lowest BCUT2D eigenvalue weighted by atomic mass is 9.96. The normalized spacial score (nSPS) is 18.6. The molecule has 2 aromatic rings. The van der Waals surface area contributed by atoms with E-state index in [1.165, 1.54) is 4.57 Å². The Morgan fingerprint density at radius 1 is 1.44 bits per heavy atom. The molecular formula is C16H19F3N4O2. The van der Waals surface area contributed by atoms with Gasteiger partial charge in [-0.3, -0.25) is 4.79 Å². The number of aryl methyl sites for hydroxylation is 2. The number of likely N-dealkylation sites (tertiary alicyclic amines) is 1. The van der Waals surface area contributed by atoms with E-state index in [4.69, 9.17) is 4.52 Å². The van der Waals surface area contributed by atoms with Crippen LogP contribution in [0, 0.1) is 6.92 Å². The summed E-state index contributed by atoms with van der Waals surface area (Å²) in [6.45, 7) is 2.69. The van der Waals surface area contributed by atoms with E-state index in [0.29, 0.717) is 36.8 Å². The van der Waals surface area contributed by atoms with Gasteiger partial charge >= 0.3 is 6.18 Å². The molecule has 1 aliphatic rings. The number of carbonyl (C=O) groups is 1. The fourth-order valence-corrected chi connectivity index (χ4v) is 3.18. The maximum Gasteiger partial charge on any atom is 0.434 e. The predicted molar refractivity (Wildman–Crippen MR) is 81.7 cm³/mol. The van der Waals surface area contributed by atoms with Gasteiger partial charge in [-0.1, -0.05) is 5.16 Å². The summed E-state index contributed by atoms with van der Waals surface area (Å²) in [5.41, 5.74) is -0.340. The van der Waals surface area contributed by atoms with E-state index < -0.39 is 11.9 Å². The van der Waals surface area contributed by atoms with Crippen molar-refractivity contribution in [1.29, 1.82) is 0 Å². The Labute approximate surface area is 142 Å². The van der Waals surface area contributed by atoms with E-state index in [1.807, 2.05) is 0 Å². The Hall–Kier alpha value is -2.32. The highest BCUT2D eigenvalue weighted by Gasteiger charge is 2.36. The van der Waals surface area contributed by atoms with Crippen molar-refractivity contribution in [3.63, 3.8) is 0 Å². The number of aromatic nitrogens is 3. The number of alkyl halides is 3. The van der Waals surface area contributed by atoms with Gasteiger partial charge in [0.2, 0.25) is 5.91 Å². The molecule has 3 heterocycles. The van der Waals surface area contributed by atoms with Gasteiger partial charge in [0.25, 0.3) is 0 Å². The lowest BCUT2D eigenvalue weighted by Crippen LogP contribution is -2.40. The van der Waals surface area contributed by atoms with Gasteiger partial charge in [-0.05, 0) is 19.8 Å². The molecule has 1 aliphatic heterocycles. The minimum Gasteiger partial charge on any atom is -0.361 e. The summed E-state index contributed by atoms with van der Waals surface area (Å²) in [5.74, 6) is 0.676. The molecule has 0 bridgehead atoms. The maximum atomic E-state index is 12.8. The van der Waals surface area contributed by atoms with Crippen molar-refractivity contribution in [2.75, 3.05) is 13.1 Å². The molecule has 0 aromatic carbocycles. The van der Waals surface area contributed by atoms with Crippen LogP contribution in [-0.2, 0) is 24.4 Å². The zero-order chi connectivity index (χ0) is 18.2. The highest BCUT2D eigenvalue weighted by atomic mass is 19.4. The fraction of sp³-hybridized carbons (Fsp3) is 0.562. The zero-order valence-electron chi connectivity index (χ0n) is 14.0. The molecule has 1 saturated heterocycles. The second-order valence-electron chi connectivity index (χ2n) is 6.38. The zero-order valence-corrected chi connectivity index (χ0v) is 14.0. The van der Waals surface area contributed by atoms with Crippen LogP contribution in [-0.4, -0.2) is 38.6 Å². The average molecular weight is 356 g/mol. The van der Waals surface area contributed by atoms with E-state index in [9.17, 15) is 18.0 Å². The molecule has 6 nitrogen and oxygen atoms in total. The monoisotopic (exact) mass is 356 g/mol. The molecule has 1 atom stereocenters. The Morgan fingerprint density at radius 2 is 2.20 bits per heavy atom. The molecular weight excluding hydrogens is 337 g/mol. The number of hydrogen-bond donors (Lipinski definition) is 0. The van der Waals surface area contributed by atoms with Gasteiger partial charge in [0.05, 0.1) is 12.1 Å². The standard InChI is InChI=1S/C16H19F3N4O2/c1-10-6-12(21-25-10)7-14(24)23-5-3-4-11(8-23)15-20-13(9-22(15)2)16(17,18)19/h6,9,11H,3-5,7-8H2,1-2H3/t11-/m0/s1. The second kappa shape index (κ2) is 6.53. The fourth-order valence-electron chi connectivity index (χ4n) is 3.18. The lowest BCUT2D eigenvalue weighted by Gasteiger charge is -2.32. The molecule has 1 amide bonds. The molecule has 0 aliphatic carbocycles. The number of nitrogens with zero attached hydrogens (tertiary/aromatic N) is 4. The summed E-state index contributed by atoms with van der Waals surface area (Å²) in [5, 5.41) is 3.81. The van der Waals surface area contributed by atoms with Crippen LogP contribution in [0.1, 0.15) is 41.7 Å². The van der Waals surface area contributed by atoms with Gasteiger partial charge in [-0.25, -0.2) is 4.98 Å². The first-order valence-electron chi connectivity index (χ1n) is 8.04. The maximum absolute atomic E-state index is 12.8. The summed E-state index contributed by atoms with van der Waals surface area (Å²) in [7, 11) is 1.55. The van der Waals surface area contributed by atoms with Crippen molar-refractivity contribution >= 4 is 5.91 Å². The number of rotatable bonds is 3. The van der Waals surface area contributed by atoms with Gasteiger partial charge in [0.15, 0.2) is 5.69 Å². The van der Waals surface area contributed by atoms with Crippen LogP contribution in [0.5, 0.6) is 0 Å². The van der Waals surface area contributed by atoms with Gasteiger partial charge in [-0.2, -0.15) is 13.2 Å². The first-order chi connectivity index (χ1) is 11.7. The minimum absolute atomic E-state index is 0.108. The predicted octanol–water partition coefficient (Wildman–Crippen LogP) is 2.68. The quantitative estimate of drug-likeness (QED) is 0.848. The second-order valence-corrected chi connectivity index (χ2v) is 6.38. The molecule has 136 valence electrons. The highest BCUT2D eigenvalue weighted by Crippen LogP contribution is 2.32. The first-order valence-corrected chi connectivity index (χ1v) is 8.04. The van der Waals surface area contributed by atoms with Crippen LogP contribution in [0.15, 0.2) is 16.8 Å². The van der Waals surface area contributed by atoms with Crippen molar-refractivity contribution < 1.29 is 22.5 Å². The van der Waals surface area contributed by atoms with Crippen LogP contribution >= 0.6 is 0 Å². The third-order valence-electron chi connectivity index (χ3n) is 4.35. The van der Waals surface area contributed by atoms with E-state index in [2.05, 4.69) is 10.1 Å². The van der Waals surface area contributed by atoms with Gasteiger partial charge < -0.3 is 14.0 Å². The molecule has 0 spiro atoms. The van der Waals surface area contributed by atoms with Crippen molar-refractivity contribution in [3.05, 3.63) is 35.2 Å². The summed E-state index contributed by atoms with van der Waals surface area (Å²) < 4.78 is 44.9. The highest BCUT2D eigenvalue weighted by molar-refractivity contribution is 5.78. The van der Waals surface area contributed by atoms with Crippen LogP contribution in [0.3, 0.4) is 0 Å². The molecule has 3 rings (SSSR count). The van der Waals surface area contributed by atoms with Crippen LogP contribution in [0.2, 0.25) is 0 Å². The molecule has 0 saturated carbocycles. The summed E-state index contributed by atoms with van der Waals surface area (Å²) in [4.78, 5) is 17.9. The topological polar surface area (TPSA) is 64.2 Å². The van der Waals surface area contributed by atoms with E-state index in [1.54, 1.807) is 24.9 Å². The third kappa shape index (κ3) is 3.85. The molecule has 25 heavy (non-hydrogen) atoms. The van der Waals surface area contributed by atoms with Crippen LogP contribution < -0.4 is 0 Å². The number of halogens is 3. The number of imidazole rings is 1. The molecule has 2 aromatic heterocycles. The van der Waals surface area contributed by atoms with E-state index in [0.717, 1.165) is 12.6 Å². The number of amides is 1. The van der Waals surface area contributed by atoms with Crippen LogP contribution in [0.25, 0.3) is 0 Å². The average Bonchev–Trinajstić information content (AvgIpc) is 3.13. The molecule has 0 unspecified atom stereocenters. The third-order valence-corrected chi connectivity index (χ3v) is 4.35. The van der Waals surface area contributed by atoms with Gasteiger partial charge in [0, 0.05) is 38.3 Å². The lowest BCUT2D eigenvalue weighted by molar-refractivity contribution is -0.141. The van der Waals surface area contributed by atoms with Crippen molar-refractivity contribution in [3.8, 4) is 0 Å². The number of carbonyl (C=O) groups excluding carboxylic acids is 1. The van der Waals surface area contributed by atoms with Crippen molar-refractivity contribution in [2.45, 2.75) is 38.3 Å². The van der Waals surface area contributed by atoms with E-state index in [-0.39, 0.29) is 18.2 Å². The number of hydrogen-bond acceptors (Lipinski definition) is 4. The van der Waals surface area contributed by atoms with Gasteiger partial charge in [-0.15, -0.1) is 0 Å². The Kier molecular flexibility index (Phi) is 4.57. The van der Waals surface area contributed by atoms with Crippen molar-refractivity contribution in [2.24, 2.45) is 7.05 Å². The van der Waals surface area contributed by atoms with Crippen LogP contribution in [0.4, 0.5) is 13.2 Å². The summed E-state index contributed by atoms with van der Waals surface area (Å²) in [6.07, 6.45) is -1.92. The smallest absolute Gasteiger partial charge is 0.361 e. The summed E-state index contributed by atoms with van der Waals surface area (Å²) >= 11 is 0. The van der Waals surface area contributed by atoms with Crippen molar-refractivity contribution in [1.82, 2.24) is 19.6 Å².